The lowest BCUT2D eigenvalue weighted by Gasteiger charge is -2.10. The molecule has 0 amide bonds. The van der Waals surface area contributed by atoms with Crippen LogP contribution in [0.5, 0.6) is 5.75 Å². The molecule has 2 rings (SSSR count). The number of ether oxygens (including phenoxy) is 1. The van der Waals surface area contributed by atoms with Crippen molar-refractivity contribution in [3.8, 4) is 5.75 Å². The summed E-state index contributed by atoms with van der Waals surface area (Å²) in [5.41, 5.74) is 3.33. The fraction of sp³-hybridized carbons (Fsp3) is 0.417. The van der Waals surface area contributed by atoms with Crippen LogP contribution in [0.4, 0.5) is 0 Å². The van der Waals surface area contributed by atoms with Crippen LogP contribution in [0, 0.1) is 6.92 Å². The van der Waals surface area contributed by atoms with E-state index in [9.17, 15) is 0 Å². The first-order chi connectivity index (χ1) is 7.15. The Morgan fingerprint density at radius 1 is 1.40 bits per heavy atom. The number of fused-ring (bicyclic) bond motifs is 1. The van der Waals surface area contributed by atoms with E-state index in [1.807, 2.05) is 12.3 Å². The minimum Gasteiger partial charge on any atom is -0.493 e. The van der Waals surface area contributed by atoms with Gasteiger partial charge in [0, 0.05) is 23.7 Å². The first-order valence-electron chi connectivity index (χ1n) is 5.16. The number of methoxy groups -OCH3 is 1. The molecule has 0 aromatic carbocycles. The SMILES string of the molecule is COc1cc(C)n2c(C(C)C)ccnc12. The van der Waals surface area contributed by atoms with E-state index in [0.29, 0.717) is 5.92 Å². The van der Waals surface area contributed by atoms with Gasteiger partial charge in [-0.1, -0.05) is 13.8 Å². The lowest BCUT2D eigenvalue weighted by atomic mass is 10.1. The van der Waals surface area contributed by atoms with E-state index in [1.54, 1.807) is 7.11 Å². The van der Waals surface area contributed by atoms with Crippen LogP contribution in [0.2, 0.25) is 0 Å². The maximum atomic E-state index is 5.30. The second-order valence-corrected chi connectivity index (χ2v) is 4.04. The van der Waals surface area contributed by atoms with Gasteiger partial charge < -0.3 is 4.74 Å². The van der Waals surface area contributed by atoms with Crippen molar-refractivity contribution < 1.29 is 4.74 Å². The Hall–Kier alpha value is -1.51. The lowest BCUT2D eigenvalue weighted by Crippen LogP contribution is -2.01. The van der Waals surface area contributed by atoms with Gasteiger partial charge in [0.05, 0.1) is 7.11 Å². The van der Waals surface area contributed by atoms with E-state index >= 15 is 0 Å². The third kappa shape index (κ3) is 1.48. The Labute approximate surface area is 89.7 Å². The van der Waals surface area contributed by atoms with Crippen LogP contribution in [0.3, 0.4) is 0 Å². The molecule has 0 saturated heterocycles. The molecule has 2 aromatic heterocycles. The van der Waals surface area contributed by atoms with Gasteiger partial charge >= 0.3 is 0 Å². The highest BCUT2D eigenvalue weighted by molar-refractivity contribution is 5.57. The zero-order chi connectivity index (χ0) is 11.0. The van der Waals surface area contributed by atoms with Gasteiger partial charge in [-0.3, -0.25) is 4.40 Å². The highest BCUT2D eigenvalue weighted by Crippen LogP contribution is 2.26. The average molecular weight is 204 g/mol. The molecule has 0 radical (unpaired) electrons. The third-order valence-corrected chi connectivity index (χ3v) is 2.64. The van der Waals surface area contributed by atoms with Crippen molar-refractivity contribution in [2.45, 2.75) is 26.7 Å². The fourth-order valence-corrected chi connectivity index (χ4v) is 1.90. The van der Waals surface area contributed by atoms with Gasteiger partial charge in [0.25, 0.3) is 0 Å². The summed E-state index contributed by atoms with van der Waals surface area (Å²) < 4.78 is 7.46. The van der Waals surface area contributed by atoms with Crippen molar-refractivity contribution in [2.75, 3.05) is 7.11 Å². The van der Waals surface area contributed by atoms with Crippen molar-refractivity contribution in [3.63, 3.8) is 0 Å². The molecule has 0 N–H and O–H groups in total. The number of hydrogen-bond acceptors (Lipinski definition) is 2. The van der Waals surface area contributed by atoms with Gasteiger partial charge in [-0.2, -0.15) is 0 Å². The maximum absolute atomic E-state index is 5.30. The van der Waals surface area contributed by atoms with E-state index in [1.165, 1.54) is 11.4 Å². The molecular formula is C12H16N2O. The van der Waals surface area contributed by atoms with E-state index in [0.717, 1.165) is 11.4 Å². The molecule has 0 atom stereocenters. The molecule has 3 nitrogen and oxygen atoms in total. The summed E-state index contributed by atoms with van der Waals surface area (Å²) in [4.78, 5) is 4.35. The summed E-state index contributed by atoms with van der Waals surface area (Å²) in [6, 6.07) is 4.08. The molecule has 0 spiro atoms. The molecule has 0 aliphatic rings. The van der Waals surface area contributed by atoms with Gasteiger partial charge in [-0.25, -0.2) is 4.98 Å². The monoisotopic (exact) mass is 204 g/mol. The van der Waals surface area contributed by atoms with Crippen LogP contribution in [0.25, 0.3) is 5.65 Å². The molecule has 0 aliphatic heterocycles. The normalized spacial score (nSPS) is 11.3. The lowest BCUT2D eigenvalue weighted by molar-refractivity contribution is 0.419. The van der Waals surface area contributed by atoms with Gasteiger partial charge in [-0.05, 0) is 18.9 Å². The smallest absolute Gasteiger partial charge is 0.180 e. The van der Waals surface area contributed by atoms with Gasteiger partial charge in [0.15, 0.2) is 11.4 Å². The van der Waals surface area contributed by atoms with Gasteiger partial charge in [-0.15, -0.1) is 0 Å². The summed E-state index contributed by atoms with van der Waals surface area (Å²) >= 11 is 0. The van der Waals surface area contributed by atoms with Crippen molar-refractivity contribution in [1.82, 2.24) is 9.38 Å². The quantitative estimate of drug-likeness (QED) is 0.752. The molecule has 0 saturated carbocycles. The van der Waals surface area contributed by atoms with Crippen LogP contribution in [-0.2, 0) is 0 Å². The predicted molar refractivity (Wildman–Crippen MR) is 60.6 cm³/mol. The molecule has 0 unspecified atom stereocenters. The molecule has 0 bridgehead atoms. The van der Waals surface area contributed by atoms with Crippen molar-refractivity contribution in [3.05, 3.63) is 29.7 Å². The standard InChI is InChI=1S/C12H16N2O/c1-8(2)10-5-6-13-12-11(15-4)7-9(3)14(10)12/h5-8H,1-4H3. The van der Waals surface area contributed by atoms with Crippen LogP contribution in [0.15, 0.2) is 18.3 Å². The minimum absolute atomic E-state index is 0.478. The van der Waals surface area contributed by atoms with Crippen LogP contribution >= 0.6 is 0 Å². The fourth-order valence-electron chi connectivity index (χ4n) is 1.90. The topological polar surface area (TPSA) is 26.5 Å². The summed E-state index contributed by atoms with van der Waals surface area (Å²) in [7, 11) is 1.68. The molecule has 2 aromatic rings. The Morgan fingerprint density at radius 2 is 2.13 bits per heavy atom. The highest BCUT2D eigenvalue weighted by Gasteiger charge is 2.12. The molecule has 0 aliphatic carbocycles. The number of nitrogens with zero attached hydrogens (tertiary/aromatic N) is 2. The summed E-state index contributed by atoms with van der Waals surface area (Å²) in [6.45, 7) is 6.43. The van der Waals surface area contributed by atoms with Crippen molar-refractivity contribution >= 4 is 5.65 Å². The highest BCUT2D eigenvalue weighted by atomic mass is 16.5. The first kappa shape index (κ1) is 10.0. The number of aromatic nitrogens is 2. The van der Waals surface area contributed by atoms with Gasteiger partial charge in [0.1, 0.15) is 0 Å². The second kappa shape index (κ2) is 3.57. The van der Waals surface area contributed by atoms with Gasteiger partial charge in [0.2, 0.25) is 0 Å². The zero-order valence-electron chi connectivity index (χ0n) is 9.61. The van der Waals surface area contributed by atoms with E-state index < -0.39 is 0 Å². The van der Waals surface area contributed by atoms with Crippen molar-refractivity contribution in [2.24, 2.45) is 0 Å². The average Bonchev–Trinajstić information content (AvgIpc) is 2.55. The number of rotatable bonds is 2. The molecule has 0 fully saturated rings. The van der Waals surface area contributed by atoms with Crippen LogP contribution in [0.1, 0.15) is 31.2 Å². The molecule has 2 heterocycles. The summed E-state index contributed by atoms with van der Waals surface area (Å²) in [5.74, 6) is 1.32. The first-order valence-corrected chi connectivity index (χ1v) is 5.16. The number of hydrogen-bond donors (Lipinski definition) is 0. The van der Waals surface area contributed by atoms with Crippen molar-refractivity contribution in [1.29, 1.82) is 0 Å². The summed E-state index contributed by atoms with van der Waals surface area (Å²) in [5, 5.41) is 0. The second-order valence-electron chi connectivity index (χ2n) is 4.04. The van der Waals surface area contributed by atoms with Crippen LogP contribution in [-0.4, -0.2) is 16.5 Å². The van der Waals surface area contributed by atoms with E-state index in [2.05, 4.69) is 36.2 Å². The Kier molecular flexibility index (Phi) is 2.39. The number of aryl methyl sites for hydroxylation is 1. The maximum Gasteiger partial charge on any atom is 0.180 e. The Balaban J connectivity index is 2.80. The molecule has 80 valence electrons. The summed E-state index contributed by atoms with van der Waals surface area (Å²) in [6.07, 6.45) is 1.84. The third-order valence-electron chi connectivity index (χ3n) is 2.64. The Morgan fingerprint density at radius 3 is 2.73 bits per heavy atom. The minimum atomic E-state index is 0.478. The van der Waals surface area contributed by atoms with Crippen LogP contribution < -0.4 is 4.74 Å². The van der Waals surface area contributed by atoms with E-state index in [-0.39, 0.29) is 0 Å². The molecule has 15 heavy (non-hydrogen) atoms. The molecular weight excluding hydrogens is 188 g/mol. The largest absolute Gasteiger partial charge is 0.493 e. The molecule has 3 heteroatoms. The Bertz CT molecular complexity index is 486. The zero-order valence-corrected chi connectivity index (χ0v) is 9.61. The van der Waals surface area contributed by atoms with E-state index in [4.69, 9.17) is 4.74 Å². The predicted octanol–water partition coefficient (Wildman–Crippen LogP) is 2.77.